The molecular weight excluding hydrogens is 238 g/mol. The first-order valence-corrected chi connectivity index (χ1v) is 6.64. The summed E-state index contributed by atoms with van der Waals surface area (Å²) < 4.78 is 5.67. The number of aromatic nitrogens is 1. The van der Waals surface area contributed by atoms with Gasteiger partial charge in [0.15, 0.2) is 5.78 Å². The first-order valence-electron chi connectivity index (χ1n) is 6.64. The lowest BCUT2D eigenvalue weighted by molar-refractivity contribution is -0.0114. The van der Waals surface area contributed by atoms with Gasteiger partial charge in [-0.15, -0.1) is 0 Å². The van der Waals surface area contributed by atoms with Crippen LogP contribution in [0, 0.1) is 0 Å². The standard InChI is InChI=1S/C16H19NO2/c1-4-16(3,19-5-2)15(18)13-8-6-7-12-9-10-17-11-14(12)13/h6-11H,4-5H2,1-3H3. The third-order valence-electron chi connectivity index (χ3n) is 3.55. The van der Waals surface area contributed by atoms with Gasteiger partial charge in [0.2, 0.25) is 0 Å². The average molecular weight is 257 g/mol. The molecule has 3 heteroatoms. The number of pyridine rings is 1. The summed E-state index contributed by atoms with van der Waals surface area (Å²) in [6.07, 6.45) is 4.12. The van der Waals surface area contributed by atoms with E-state index in [0.717, 1.165) is 10.8 Å². The van der Waals surface area contributed by atoms with Gasteiger partial charge in [-0.3, -0.25) is 9.78 Å². The van der Waals surface area contributed by atoms with E-state index in [-0.39, 0.29) is 5.78 Å². The molecule has 100 valence electrons. The van der Waals surface area contributed by atoms with Crippen LogP contribution in [0.2, 0.25) is 0 Å². The van der Waals surface area contributed by atoms with Crippen molar-refractivity contribution in [3.05, 3.63) is 42.2 Å². The molecule has 1 atom stereocenters. The third kappa shape index (κ3) is 2.51. The molecule has 0 aliphatic carbocycles. The van der Waals surface area contributed by atoms with Crippen LogP contribution in [0.3, 0.4) is 0 Å². The van der Waals surface area contributed by atoms with Crippen LogP contribution in [0.1, 0.15) is 37.6 Å². The molecule has 0 N–H and O–H groups in total. The monoisotopic (exact) mass is 257 g/mol. The van der Waals surface area contributed by atoms with Crippen LogP contribution < -0.4 is 0 Å². The molecular formula is C16H19NO2. The van der Waals surface area contributed by atoms with E-state index in [4.69, 9.17) is 4.74 Å². The summed E-state index contributed by atoms with van der Waals surface area (Å²) in [5, 5.41) is 1.91. The highest BCUT2D eigenvalue weighted by atomic mass is 16.5. The number of hydrogen-bond acceptors (Lipinski definition) is 3. The number of nitrogens with zero attached hydrogens (tertiary/aromatic N) is 1. The lowest BCUT2D eigenvalue weighted by Gasteiger charge is -2.27. The number of carbonyl (C=O) groups is 1. The molecule has 0 saturated carbocycles. The van der Waals surface area contributed by atoms with Crippen molar-refractivity contribution in [2.24, 2.45) is 0 Å². The maximum absolute atomic E-state index is 12.7. The number of ether oxygens (including phenoxy) is 1. The van der Waals surface area contributed by atoms with Gasteiger partial charge in [-0.1, -0.05) is 25.1 Å². The van der Waals surface area contributed by atoms with Gasteiger partial charge in [-0.25, -0.2) is 0 Å². The molecule has 2 rings (SSSR count). The highest BCUT2D eigenvalue weighted by Gasteiger charge is 2.33. The van der Waals surface area contributed by atoms with E-state index in [1.165, 1.54) is 0 Å². The number of fused-ring (bicyclic) bond motifs is 1. The molecule has 1 aromatic heterocycles. The fourth-order valence-corrected chi connectivity index (χ4v) is 2.24. The Morgan fingerprint density at radius 2 is 2.11 bits per heavy atom. The zero-order valence-electron chi connectivity index (χ0n) is 11.6. The lowest BCUT2D eigenvalue weighted by atomic mass is 9.89. The van der Waals surface area contributed by atoms with E-state index >= 15 is 0 Å². The number of ketones is 1. The Labute approximate surface area is 113 Å². The Balaban J connectivity index is 2.52. The van der Waals surface area contributed by atoms with Crippen LogP contribution in [0.25, 0.3) is 10.8 Å². The van der Waals surface area contributed by atoms with Crippen LogP contribution in [0.4, 0.5) is 0 Å². The number of carbonyl (C=O) groups excluding carboxylic acids is 1. The highest BCUT2D eigenvalue weighted by molar-refractivity contribution is 6.11. The zero-order chi connectivity index (χ0) is 13.9. The molecule has 1 heterocycles. The van der Waals surface area contributed by atoms with Gasteiger partial charge in [-0.2, -0.15) is 0 Å². The van der Waals surface area contributed by atoms with Crippen molar-refractivity contribution in [3.63, 3.8) is 0 Å². The average Bonchev–Trinajstić information content (AvgIpc) is 2.46. The molecule has 3 nitrogen and oxygen atoms in total. The van der Waals surface area contributed by atoms with Crippen molar-refractivity contribution in [1.82, 2.24) is 4.98 Å². The summed E-state index contributed by atoms with van der Waals surface area (Å²) in [5.41, 5.74) is -0.0813. The molecule has 0 radical (unpaired) electrons. The quantitative estimate of drug-likeness (QED) is 0.768. The molecule has 0 aliphatic rings. The first-order chi connectivity index (χ1) is 9.12. The maximum Gasteiger partial charge on any atom is 0.194 e. The molecule has 0 fully saturated rings. The Bertz CT molecular complexity index is 589. The van der Waals surface area contributed by atoms with Crippen LogP contribution in [-0.2, 0) is 4.74 Å². The second kappa shape index (κ2) is 5.49. The van der Waals surface area contributed by atoms with Crippen molar-refractivity contribution in [2.45, 2.75) is 32.8 Å². The van der Waals surface area contributed by atoms with Gasteiger partial charge in [0.1, 0.15) is 5.60 Å². The Morgan fingerprint density at radius 1 is 1.32 bits per heavy atom. The molecule has 1 unspecified atom stereocenters. The summed E-state index contributed by atoms with van der Waals surface area (Å²) in [6.45, 7) is 6.26. The van der Waals surface area contributed by atoms with Crippen molar-refractivity contribution >= 4 is 16.6 Å². The predicted molar refractivity (Wildman–Crippen MR) is 76.4 cm³/mol. The topological polar surface area (TPSA) is 39.2 Å². The minimum Gasteiger partial charge on any atom is -0.367 e. The van der Waals surface area contributed by atoms with Gasteiger partial charge in [0, 0.05) is 30.0 Å². The second-order valence-electron chi connectivity index (χ2n) is 4.75. The molecule has 1 aromatic carbocycles. The third-order valence-corrected chi connectivity index (χ3v) is 3.55. The fraction of sp³-hybridized carbons (Fsp3) is 0.375. The SMILES string of the molecule is CCOC(C)(CC)C(=O)c1cccc2ccncc12. The van der Waals surface area contributed by atoms with E-state index in [2.05, 4.69) is 4.98 Å². The summed E-state index contributed by atoms with van der Waals surface area (Å²) in [4.78, 5) is 16.9. The largest absolute Gasteiger partial charge is 0.367 e. The molecule has 2 aromatic rings. The molecule has 0 amide bonds. The predicted octanol–water partition coefficient (Wildman–Crippen LogP) is 3.62. The summed E-state index contributed by atoms with van der Waals surface area (Å²) >= 11 is 0. The second-order valence-corrected chi connectivity index (χ2v) is 4.75. The van der Waals surface area contributed by atoms with E-state index in [9.17, 15) is 4.79 Å². The van der Waals surface area contributed by atoms with Crippen molar-refractivity contribution < 1.29 is 9.53 Å². The van der Waals surface area contributed by atoms with Gasteiger partial charge < -0.3 is 4.74 Å². The molecule has 0 bridgehead atoms. The van der Waals surface area contributed by atoms with E-state index in [1.54, 1.807) is 12.4 Å². The Hall–Kier alpha value is -1.74. The van der Waals surface area contributed by atoms with E-state index in [1.807, 2.05) is 45.0 Å². The number of rotatable bonds is 5. The normalized spacial score (nSPS) is 14.3. The van der Waals surface area contributed by atoms with Gasteiger partial charge in [-0.05, 0) is 31.7 Å². The molecule has 0 saturated heterocycles. The lowest BCUT2D eigenvalue weighted by Crippen LogP contribution is -2.38. The molecule has 19 heavy (non-hydrogen) atoms. The summed E-state index contributed by atoms with van der Waals surface area (Å²) in [5.74, 6) is 0.0236. The fourth-order valence-electron chi connectivity index (χ4n) is 2.24. The van der Waals surface area contributed by atoms with E-state index < -0.39 is 5.60 Å². The van der Waals surface area contributed by atoms with Crippen molar-refractivity contribution in [3.8, 4) is 0 Å². The van der Waals surface area contributed by atoms with Gasteiger partial charge >= 0.3 is 0 Å². The minimum atomic E-state index is -0.765. The first kappa shape index (κ1) is 13.7. The number of Topliss-reactive ketones (excluding diaryl/α,β-unsaturated/α-hetero) is 1. The molecule has 0 aliphatic heterocycles. The smallest absolute Gasteiger partial charge is 0.194 e. The zero-order valence-corrected chi connectivity index (χ0v) is 11.6. The van der Waals surface area contributed by atoms with Gasteiger partial charge in [0.05, 0.1) is 0 Å². The van der Waals surface area contributed by atoms with Gasteiger partial charge in [0.25, 0.3) is 0 Å². The van der Waals surface area contributed by atoms with Crippen LogP contribution in [0.5, 0.6) is 0 Å². The van der Waals surface area contributed by atoms with Crippen LogP contribution >= 0.6 is 0 Å². The van der Waals surface area contributed by atoms with Crippen molar-refractivity contribution in [2.75, 3.05) is 6.61 Å². The number of hydrogen-bond donors (Lipinski definition) is 0. The Morgan fingerprint density at radius 3 is 2.79 bits per heavy atom. The van der Waals surface area contributed by atoms with Crippen molar-refractivity contribution in [1.29, 1.82) is 0 Å². The van der Waals surface area contributed by atoms with Crippen LogP contribution in [-0.4, -0.2) is 23.0 Å². The highest BCUT2D eigenvalue weighted by Crippen LogP contribution is 2.26. The maximum atomic E-state index is 12.7. The summed E-state index contributed by atoms with van der Waals surface area (Å²) in [6, 6.07) is 7.64. The Kier molecular flexibility index (Phi) is 3.96. The molecule has 0 spiro atoms. The minimum absolute atomic E-state index is 0.0236. The van der Waals surface area contributed by atoms with Crippen LogP contribution in [0.15, 0.2) is 36.7 Å². The van der Waals surface area contributed by atoms with E-state index in [0.29, 0.717) is 18.6 Å². The number of benzene rings is 1. The summed E-state index contributed by atoms with van der Waals surface area (Å²) in [7, 11) is 0.